The molecule has 6 nitrogen and oxygen atoms in total. The third kappa shape index (κ3) is 45.3. The van der Waals surface area contributed by atoms with Crippen molar-refractivity contribution < 1.29 is 28.6 Å². The monoisotopic (exact) mass is 807 g/mol. The van der Waals surface area contributed by atoms with E-state index in [-0.39, 0.29) is 31.1 Å². The maximum atomic E-state index is 12.7. The summed E-state index contributed by atoms with van der Waals surface area (Å²) < 4.78 is 16.7. The summed E-state index contributed by atoms with van der Waals surface area (Å²) in [7, 11) is 0. The molecule has 0 N–H and O–H groups in total. The summed E-state index contributed by atoms with van der Waals surface area (Å²) in [6.07, 6.45) is 46.9. The van der Waals surface area contributed by atoms with Crippen LogP contribution in [-0.4, -0.2) is 37.2 Å². The molecular weight excluding hydrogens is 709 g/mol. The van der Waals surface area contributed by atoms with Gasteiger partial charge in [0.2, 0.25) is 0 Å². The summed E-state index contributed by atoms with van der Waals surface area (Å²) in [5, 5.41) is 0. The normalized spacial score (nSPS) is 11.9. The van der Waals surface area contributed by atoms with Crippen LogP contribution in [0.1, 0.15) is 285 Å². The first kappa shape index (κ1) is 55.4. The Labute approximate surface area is 355 Å². The van der Waals surface area contributed by atoms with E-state index in [9.17, 15) is 14.4 Å². The summed E-state index contributed by atoms with van der Waals surface area (Å²) >= 11 is 0. The summed E-state index contributed by atoms with van der Waals surface area (Å²) in [4.78, 5) is 37.6. The lowest BCUT2D eigenvalue weighted by Gasteiger charge is -2.18. The minimum absolute atomic E-state index is 0.0640. The van der Waals surface area contributed by atoms with Crippen LogP contribution in [0.2, 0.25) is 0 Å². The number of unbranched alkanes of at least 4 members (excludes halogenated alkanes) is 33. The van der Waals surface area contributed by atoms with Crippen LogP contribution >= 0.6 is 0 Å². The first-order chi connectivity index (χ1) is 27.9. The first-order valence-corrected chi connectivity index (χ1v) is 25.4. The summed E-state index contributed by atoms with van der Waals surface area (Å²) in [6.45, 7) is 8.95. The highest BCUT2D eigenvalue weighted by Crippen LogP contribution is 2.17. The first-order valence-electron chi connectivity index (χ1n) is 25.4. The van der Waals surface area contributed by atoms with Gasteiger partial charge in [-0.3, -0.25) is 14.4 Å². The predicted octanol–water partition coefficient (Wildman–Crippen LogP) is 16.3. The van der Waals surface area contributed by atoms with Gasteiger partial charge in [0.25, 0.3) is 0 Å². The molecule has 338 valence electrons. The standard InChI is InChI=1S/C51H98O6/c1-5-7-9-11-12-13-14-15-16-17-18-19-22-25-28-31-35-39-43-50(53)56-46-48(45-55-49(52)42-38-33-10-8-6-2)57-51(54)44-40-36-32-29-26-23-20-21-24-27-30-34-37-41-47(3)4/h47-48H,5-46H2,1-4H3/t48-/m0/s1. The second-order valence-corrected chi connectivity index (χ2v) is 17.9. The molecule has 0 spiro atoms. The van der Waals surface area contributed by atoms with Crippen molar-refractivity contribution in [2.75, 3.05) is 13.2 Å². The van der Waals surface area contributed by atoms with Gasteiger partial charge in [-0.2, -0.15) is 0 Å². The van der Waals surface area contributed by atoms with Crippen LogP contribution in [0.15, 0.2) is 0 Å². The Kier molecular flexibility index (Phi) is 44.2. The molecule has 0 aliphatic rings. The molecule has 0 unspecified atom stereocenters. The van der Waals surface area contributed by atoms with E-state index >= 15 is 0 Å². The minimum Gasteiger partial charge on any atom is -0.462 e. The van der Waals surface area contributed by atoms with Crippen LogP contribution in [0.4, 0.5) is 0 Å². The highest BCUT2D eigenvalue weighted by atomic mass is 16.6. The van der Waals surface area contributed by atoms with Crippen molar-refractivity contribution in [2.24, 2.45) is 5.92 Å². The summed E-state index contributed by atoms with van der Waals surface area (Å²) in [5.74, 6) is -0.0225. The van der Waals surface area contributed by atoms with Gasteiger partial charge >= 0.3 is 17.9 Å². The van der Waals surface area contributed by atoms with Crippen molar-refractivity contribution in [3.8, 4) is 0 Å². The number of carbonyl (C=O) groups is 3. The van der Waals surface area contributed by atoms with Crippen LogP contribution in [0.25, 0.3) is 0 Å². The van der Waals surface area contributed by atoms with Gasteiger partial charge in [-0.25, -0.2) is 0 Å². The second-order valence-electron chi connectivity index (χ2n) is 17.9. The van der Waals surface area contributed by atoms with E-state index in [1.165, 1.54) is 173 Å². The molecule has 0 aromatic heterocycles. The Morgan fingerprint density at radius 3 is 0.860 bits per heavy atom. The zero-order valence-electron chi connectivity index (χ0n) is 38.8. The van der Waals surface area contributed by atoms with Gasteiger partial charge in [-0.05, 0) is 25.2 Å². The topological polar surface area (TPSA) is 78.9 Å². The van der Waals surface area contributed by atoms with Gasteiger partial charge < -0.3 is 14.2 Å². The summed E-state index contributed by atoms with van der Waals surface area (Å²) in [6, 6.07) is 0. The molecule has 57 heavy (non-hydrogen) atoms. The Balaban J connectivity index is 4.10. The maximum Gasteiger partial charge on any atom is 0.306 e. The van der Waals surface area contributed by atoms with Crippen molar-refractivity contribution in [2.45, 2.75) is 291 Å². The molecule has 0 bridgehead atoms. The number of ether oxygens (including phenoxy) is 3. The van der Waals surface area contributed by atoms with Gasteiger partial charge in [-0.15, -0.1) is 0 Å². The molecule has 0 rings (SSSR count). The number of hydrogen-bond acceptors (Lipinski definition) is 6. The number of rotatable bonds is 46. The zero-order chi connectivity index (χ0) is 41.7. The average molecular weight is 807 g/mol. The van der Waals surface area contributed by atoms with E-state index in [1.54, 1.807) is 0 Å². The predicted molar refractivity (Wildman–Crippen MR) is 243 cm³/mol. The second kappa shape index (κ2) is 45.5. The molecule has 0 aromatic carbocycles. The highest BCUT2D eigenvalue weighted by molar-refractivity contribution is 5.71. The number of carbonyl (C=O) groups excluding carboxylic acids is 3. The Morgan fingerprint density at radius 1 is 0.333 bits per heavy atom. The Hall–Kier alpha value is -1.59. The molecular formula is C51H98O6. The molecule has 0 aliphatic carbocycles. The molecule has 0 aliphatic heterocycles. The van der Waals surface area contributed by atoms with Crippen LogP contribution in [-0.2, 0) is 28.6 Å². The third-order valence-corrected chi connectivity index (χ3v) is 11.5. The van der Waals surface area contributed by atoms with E-state index in [2.05, 4.69) is 27.7 Å². The number of hydrogen-bond donors (Lipinski definition) is 0. The maximum absolute atomic E-state index is 12.7. The van der Waals surface area contributed by atoms with Crippen molar-refractivity contribution in [1.29, 1.82) is 0 Å². The van der Waals surface area contributed by atoms with E-state index < -0.39 is 6.10 Å². The molecule has 0 radical (unpaired) electrons. The molecule has 0 saturated carbocycles. The lowest BCUT2D eigenvalue weighted by Crippen LogP contribution is -2.30. The van der Waals surface area contributed by atoms with Crippen LogP contribution < -0.4 is 0 Å². The van der Waals surface area contributed by atoms with E-state index in [0.717, 1.165) is 70.1 Å². The molecule has 1 atom stereocenters. The highest BCUT2D eigenvalue weighted by Gasteiger charge is 2.19. The van der Waals surface area contributed by atoms with E-state index in [4.69, 9.17) is 14.2 Å². The fraction of sp³-hybridized carbons (Fsp3) is 0.941. The molecule has 0 fully saturated rings. The van der Waals surface area contributed by atoms with Gasteiger partial charge in [0.1, 0.15) is 13.2 Å². The van der Waals surface area contributed by atoms with Crippen molar-refractivity contribution in [3.05, 3.63) is 0 Å². The smallest absolute Gasteiger partial charge is 0.306 e. The molecule has 0 aromatic rings. The lowest BCUT2D eigenvalue weighted by molar-refractivity contribution is -0.167. The van der Waals surface area contributed by atoms with Crippen molar-refractivity contribution in [1.82, 2.24) is 0 Å². The molecule has 0 saturated heterocycles. The van der Waals surface area contributed by atoms with Crippen LogP contribution in [0.3, 0.4) is 0 Å². The molecule has 6 heteroatoms. The van der Waals surface area contributed by atoms with Crippen LogP contribution in [0, 0.1) is 5.92 Å². The van der Waals surface area contributed by atoms with Crippen LogP contribution in [0.5, 0.6) is 0 Å². The fourth-order valence-corrected chi connectivity index (χ4v) is 7.69. The minimum atomic E-state index is -0.758. The summed E-state index contributed by atoms with van der Waals surface area (Å²) in [5.41, 5.74) is 0. The van der Waals surface area contributed by atoms with Crippen molar-refractivity contribution in [3.63, 3.8) is 0 Å². The zero-order valence-corrected chi connectivity index (χ0v) is 38.8. The van der Waals surface area contributed by atoms with Gasteiger partial charge in [0.15, 0.2) is 6.10 Å². The average Bonchev–Trinajstić information content (AvgIpc) is 3.19. The largest absolute Gasteiger partial charge is 0.462 e. The molecule has 0 heterocycles. The fourth-order valence-electron chi connectivity index (χ4n) is 7.69. The SMILES string of the molecule is CCCCCCCCCCCCCCCCCCCCC(=O)OC[C@H](COC(=O)CCCCCCC)OC(=O)CCCCCCCCCCCCCCCC(C)C. The number of esters is 3. The third-order valence-electron chi connectivity index (χ3n) is 11.5. The van der Waals surface area contributed by atoms with Gasteiger partial charge in [0, 0.05) is 19.3 Å². The Morgan fingerprint density at radius 2 is 0.579 bits per heavy atom. The van der Waals surface area contributed by atoms with E-state index in [0.29, 0.717) is 19.3 Å². The van der Waals surface area contributed by atoms with Crippen molar-refractivity contribution >= 4 is 17.9 Å². The Bertz CT molecular complexity index is 857. The van der Waals surface area contributed by atoms with Gasteiger partial charge in [0.05, 0.1) is 0 Å². The van der Waals surface area contributed by atoms with E-state index in [1.807, 2.05) is 0 Å². The van der Waals surface area contributed by atoms with Gasteiger partial charge in [-0.1, -0.05) is 246 Å². The molecule has 0 amide bonds. The lowest BCUT2D eigenvalue weighted by atomic mass is 10.0. The quantitative estimate of drug-likeness (QED) is 0.0346.